The van der Waals surface area contributed by atoms with E-state index in [1.165, 1.54) is 18.4 Å². The number of hydrogen-bond acceptors (Lipinski definition) is 4. The van der Waals surface area contributed by atoms with Gasteiger partial charge in [0.05, 0.1) is 6.61 Å². The summed E-state index contributed by atoms with van der Waals surface area (Å²) in [6.45, 7) is 7.58. The summed E-state index contributed by atoms with van der Waals surface area (Å²) in [6, 6.07) is 2.41. The molecular weight excluding hydrogens is 328 g/mol. The molecule has 3 fully saturated rings. The van der Waals surface area contributed by atoms with Gasteiger partial charge < -0.3 is 14.4 Å². The number of aliphatic hydroxyl groups is 1. The van der Waals surface area contributed by atoms with E-state index in [1.54, 1.807) is 0 Å². The Balaban J connectivity index is 1.56. The maximum absolute atomic E-state index is 13.3. The van der Waals surface area contributed by atoms with E-state index in [0.717, 1.165) is 57.5 Å². The number of nitrogens with zero attached hydrogens (tertiary/aromatic N) is 2. The summed E-state index contributed by atoms with van der Waals surface area (Å²) >= 11 is 0. The van der Waals surface area contributed by atoms with E-state index in [2.05, 4.69) is 18.7 Å². The molecule has 0 unspecified atom stereocenters. The molecule has 1 aromatic heterocycles. The summed E-state index contributed by atoms with van der Waals surface area (Å²) in [5.74, 6) is 1.48. The highest BCUT2D eigenvalue weighted by atomic mass is 16.4. The maximum Gasteiger partial charge on any atom is 0.290 e. The molecule has 1 N–H and O–H groups in total. The van der Waals surface area contributed by atoms with Gasteiger partial charge in [-0.1, -0.05) is 13.8 Å². The number of aliphatic hydroxyl groups excluding tert-OH is 1. The standard InChI is InChI=1S/C21H32N2O3/c1-3-17-15(13-22-9-5-6-10-22)11-18(26-17)20(25)23-16-7-8-19(23)21(4-2,12-16)14-24/h11,16,19,24H,3-10,12-14H2,1-2H3/t16-,19+,21-/m0/s1. The summed E-state index contributed by atoms with van der Waals surface area (Å²) in [5.41, 5.74) is 1.06. The topological polar surface area (TPSA) is 56.9 Å². The van der Waals surface area contributed by atoms with Gasteiger partial charge in [-0.3, -0.25) is 9.69 Å². The lowest BCUT2D eigenvalue weighted by Crippen LogP contribution is -2.42. The lowest BCUT2D eigenvalue weighted by molar-refractivity contribution is 0.0532. The van der Waals surface area contributed by atoms with Crippen molar-refractivity contribution in [3.05, 3.63) is 23.2 Å². The Morgan fingerprint density at radius 1 is 1.31 bits per heavy atom. The third-order valence-corrected chi connectivity index (χ3v) is 7.13. The van der Waals surface area contributed by atoms with Crippen LogP contribution in [-0.4, -0.2) is 52.6 Å². The molecule has 4 rings (SSSR count). The quantitative estimate of drug-likeness (QED) is 0.846. The van der Waals surface area contributed by atoms with Crippen molar-refractivity contribution in [2.45, 2.75) is 77.4 Å². The lowest BCUT2D eigenvalue weighted by Gasteiger charge is -2.34. The Morgan fingerprint density at radius 3 is 2.69 bits per heavy atom. The van der Waals surface area contributed by atoms with Gasteiger partial charge in [0, 0.05) is 36.0 Å². The predicted molar refractivity (Wildman–Crippen MR) is 100 cm³/mol. The van der Waals surface area contributed by atoms with E-state index >= 15 is 0 Å². The number of aryl methyl sites for hydroxylation is 1. The molecule has 0 aromatic carbocycles. The molecular formula is C21H32N2O3. The van der Waals surface area contributed by atoms with Gasteiger partial charge in [0.15, 0.2) is 5.76 Å². The number of rotatable bonds is 6. The normalized spacial score (nSPS) is 31.3. The third-order valence-electron chi connectivity index (χ3n) is 7.13. The molecule has 0 aliphatic carbocycles. The van der Waals surface area contributed by atoms with Gasteiger partial charge in [0.25, 0.3) is 5.91 Å². The second-order valence-electron chi connectivity index (χ2n) is 8.43. The van der Waals surface area contributed by atoms with Gasteiger partial charge in [-0.05, 0) is 57.7 Å². The molecule has 3 atom stereocenters. The molecule has 26 heavy (non-hydrogen) atoms. The van der Waals surface area contributed by atoms with E-state index in [0.29, 0.717) is 5.76 Å². The number of amides is 1. The summed E-state index contributed by atoms with van der Waals surface area (Å²) in [4.78, 5) is 17.8. The molecule has 5 nitrogen and oxygen atoms in total. The molecule has 3 aliphatic heterocycles. The lowest BCUT2D eigenvalue weighted by atomic mass is 9.72. The van der Waals surface area contributed by atoms with Gasteiger partial charge in [0.1, 0.15) is 5.76 Å². The monoisotopic (exact) mass is 360 g/mol. The van der Waals surface area contributed by atoms with E-state index < -0.39 is 0 Å². The van der Waals surface area contributed by atoms with Gasteiger partial charge in [-0.2, -0.15) is 0 Å². The number of carbonyl (C=O) groups is 1. The van der Waals surface area contributed by atoms with Crippen LogP contribution in [-0.2, 0) is 13.0 Å². The van der Waals surface area contributed by atoms with Gasteiger partial charge in [0.2, 0.25) is 0 Å². The average molecular weight is 360 g/mol. The average Bonchev–Trinajstić information content (AvgIpc) is 3.44. The SMILES string of the molecule is CCc1oc(C(=O)N2[C@H]3CC[C@@H]2[C@](CC)(CO)C3)cc1CN1CCCC1. The fourth-order valence-corrected chi connectivity index (χ4v) is 5.57. The first-order valence-electron chi connectivity index (χ1n) is 10.4. The molecule has 0 radical (unpaired) electrons. The van der Waals surface area contributed by atoms with Crippen molar-refractivity contribution in [2.24, 2.45) is 5.41 Å². The van der Waals surface area contributed by atoms with Gasteiger partial charge in [-0.15, -0.1) is 0 Å². The van der Waals surface area contributed by atoms with Crippen LogP contribution in [0.15, 0.2) is 10.5 Å². The zero-order chi connectivity index (χ0) is 18.3. The maximum atomic E-state index is 13.3. The van der Waals surface area contributed by atoms with Crippen LogP contribution in [0.25, 0.3) is 0 Å². The molecule has 3 aliphatic rings. The second-order valence-corrected chi connectivity index (χ2v) is 8.43. The second kappa shape index (κ2) is 7.01. The first-order valence-corrected chi connectivity index (χ1v) is 10.4. The minimum Gasteiger partial charge on any atom is -0.456 e. The van der Waals surface area contributed by atoms with Crippen LogP contribution in [0, 0.1) is 5.41 Å². The third kappa shape index (κ3) is 2.80. The largest absolute Gasteiger partial charge is 0.456 e. The fourth-order valence-electron chi connectivity index (χ4n) is 5.57. The van der Waals surface area contributed by atoms with Crippen molar-refractivity contribution in [3.8, 4) is 0 Å². The number of fused-ring (bicyclic) bond motifs is 2. The van der Waals surface area contributed by atoms with Crippen molar-refractivity contribution in [1.29, 1.82) is 0 Å². The van der Waals surface area contributed by atoms with Crippen molar-refractivity contribution < 1.29 is 14.3 Å². The Labute approximate surface area is 156 Å². The highest BCUT2D eigenvalue weighted by Crippen LogP contribution is 2.51. The van der Waals surface area contributed by atoms with Crippen molar-refractivity contribution >= 4 is 5.91 Å². The summed E-state index contributed by atoms with van der Waals surface area (Å²) in [7, 11) is 0. The molecule has 1 amide bonds. The molecule has 144 valence electrons. The van der Waals surface area contributed by atoms with Crippen LogP contribution in [0.5, 0.6) is 0 Å². The van der Waals surface area contributed by atoms with Crippen molar-refractivity contribution in [1.82, 2.24) is 9.80 Å². The number of furan rings is 1. The van der Waals surface area contributed by atoms with E-state index in [9.17, 15) is 9.90 Å². The molecule has 0 spiro atoms. The molecule has 4 heterocycles. The van der Waals surface area contributed by atoms with Gasteiger partial charge in [-0.25, -0.2) is 0 Å². The van der Waals surface area contributed by atoms with Crippen LogP contribution < -0.4 is 0 Å². The molecule has 3 saturated heterocycles. The number of hydrogen-bond donors (Lipinski definition) is 1. The minimum absolute atomic E-state index is 0.0312. The van der Waals surface area contributed by atoms with E-state index in [-0.39, 0.29) is 30.0 Å². The minimum atomic E-state index is -0.114. The summed E-state index contributed by atoms with van der Waals surface area (Å²) in [6.07, 6.45) is 7.27. The Bertz CT molecular complexity index is 658. The first-order chi connectivity index (χ1) is 12.6. The molecule has 5 heteroatoms. The molecule has 2 bridgehead atoms. The van der Waals surface area contributed by atoms with Crippen LogP contribution in [0.4, 0.5) is 0 Å². The van der Waals surface area contributed by atoms with Crippen LogP contribution in [0.3, 0.4) is 0 Å². The molecule has 0 saturated carbocycles. The zero-order valence-electron chi connectivity index (χ0n) is 16.2. The highest BCUT2D eigenvalue weighted by Gasteiger charge is 2.56. The zero-order valence-corrected chi connectivity index (χ0v) is 16.2. The van der Waals surface area contributed by atoms with Crippen molar-refractivity contribution in [2.75, 3.05) is 19.7 Å². The number of likely N-dealkylation sites (tertiary alicyclic amines) is 1. The fraction of sp³-hybridized carbons (Fsp3) is 0.762. The predicted octanol–water partition coefficient (Wildman–Crippen LogP) is 3.20. The van der Waals surface area contributed by atoms with Crippen LogP contribution in [0.1, 0.15) is 74.3 Å². The Hall–Kier alpha value is -1.33. The van der Waals surface area contributed by atoms with E-state index in [4.69, 9.17) is 4.42 Å². The van der Waals surface area contributed by atoms with Crippen LogP contribution in [0.2, 0.25) is 0 Å². The van der Waals surface area contributed by atoms with Crippen molar-refractivity contribution in [3.63, 3.8) is 0 Å². The molecule has 1 aromatic rings. The van der Waals surface area contributed by atoms with Crippen LogP contribution >= 0.6 is 0 Å². The highest BCUT2D eigenvalue weighted by molar-refractivity contribution is 5.93. The number of carbonyl (C=O) groups excluding carboxylic acids is 1. The summed E-state index contributed by atoms with van der Waals surface area (Å²) in [5, 5.41) is 9.99. The van der Waals surface area contributed by atoms with E-state index in [1.807, 2.05) is 11.0 Å². The van der Waals surface area contributed by atoms with Gasteiger partial charge >= 0.3 is 0 Å². The summed E-state index contributed by atoms with van der Waals surface area (Å²) < 4.78 is 6.03. The Kier molecular flexibility index (Phi) is 4.86. The smallest absolute Gasteiger partial charge is 0.290 e. The Morgan fingerprint density at radius 2 is 2.08 bits per heavy atom. The first kappa shape index (κ1) is 18.1.